The number of halogens is 1. The largest absolute Gasteiger partial charge is 0.393 e. The number of hydrogen-bond donors (Lipinski definition) is 3. The number of nitrogen functional groups attached to an aromatic ring is 1. The molecule has 0 fully saturated rings. The van der Waals surface area contributed by atoms with Gasteiger partial charge in [0.1, 0.15) is 17.8 Å². The van der Waals surface area contributed by atoms with E-state index in [1.54, 1.807) is 6.20 Å². The summed E-state index contributed by atoms with van der Waals surface area (Å²) in [6.07, 6.45) is 3.13. The molecule has 124 valence electrons. The lowest BCUT2D eigenvalue weighted by atomic mass is 10.3. The standard InChI is InChI=1S/C16H12BrN7S/c17-9-5-6-12(19-7-9)23-14-13(18)15(21-8-20-14)24-16-22-10-3-1-2-4-11(10)25-16/h1-8H,18H2,(H2,19,20,21,22,23,24). The second-order valence-corrected chi connectivity index (χ2v) is 7.03. The summed E-state index contributed by atoms with van der Waals surface area (Å²) in [5.74, 6) is 1.61. The van der Waals surface area contributed by atoms with Crippen LogP contribution in [0.2, 0.25) is 0 Å². The van der Waals surface area contributed by atoms with Crippen molar-refractivity contribution in [2.24, 2.45) is 0 Å². The van der Waals surface area contributed by atoms with Gasteiger partial charge in [-0.05, 0) is 40.2 Å². The molecule has 9 heteroatoms. The maximum atomic E-state index is 6.19. The minimum atomic E-state index is 0.395. The van der Waals surface area contributed by atoms with Crippen LogP contribution in [0.3, 0.4) is 0 Å². The predicted molar refractivity (Wildman–Crippen MR) is 105 cm³/mol. The smallest absolute Gasteiger partial charge is 0.189 e. The molecule has 4 rings (SSSR count). The lowest BCUT2D eigenvalue weighted by molar-refractivity contribution is 1.16. The molecule has 0 bridgehead atoms. The van der Waals surface area contributed by atoms with Crippen LogP contribution in [0.4, 0.5) is 28.3 Å². The van der Waals surface area contributed by atoms with Crippen LogP contribution in [0.25, 0.3) is 10.2 Å². The van der Waals surface area contributed by atoms with E-state index in [1.165, 1.54) is 17.7 Å². The third-order valence-electron chi connectivity index (χ3n) is 3.38. The van der Waals surface area contributed by atoms with Crippen LogP contribution in [0.5, 0.6) is 0 Å². The van der Waals surface area contributed by atoms with E-state index in [2.05, 4.69) is 46.5 Å². The van der Waals surface area contributed by atoms with E-state index in [0.717, 1.165) is 19.8 Å². The molecule has 0 atom stereocenters. The van der Waals surface area contributed by atoms with Gasteiger partial charge < -0.3 is 16.4 Å². The fourth-order valence-corrected chi connectivity index (χ4v) is 3.29. The van der Waals surface area contributed by atoms with Crippen LogP contribution in [-0.4, -0.2) is 19.9 Å². The van der Waals surface area contributed by atoms with E-state index in [4.69, 9.17) is 5.73 Å². The number of benzene rings is 1. The molecule has 0 aliphatic heterocycles. The number of fused-ring (bicyclic) bond motifs is 1. The molecule has 0 aliphatic rings. The molecular weight excluding hydrogens is 402 g/mol. The molecule has 0 saturated heterocycles. The topological polar surface area (TPSA) is 102 Å². The maximum absolute atomic E-state index is 6.19. The van der Waals surface area contributed by atoms with Crippen molar-refractivity contribution in [2.45, 2.75) is 0 Å². The first-order chi connectivity index (χ1) is 12.2. The fraction of sp³-hybridized carbons (Fsp3) is 0. The zero-order valence-corrected chi connectivity index (χ0v) is 15.2. The van der Waals surface area contributed by atoms with Crippen molar-refractivity contribution in [2.75, 3.05) is 16.4 Å². The number of nitrogens with one attached hydrogen (secondary N) is 2. The summed E-state index contributed by atoms with van der Waals surface area (Å²) in [5, 5.41) is 6.97. The van der Waals surface area contributed by atoms with Gasteiger partial charge in [-0.25, -0.2) is 19.9 Å². The van der Waals surface area contributed by atoms with Crippen LogP contribution >= 0.6 is 27.3 Å². The van der Waals surface area contributed by atoms with Gasteiger partial charge >= 0.3 is 0 Å². The van der Waals surface area contributed by atoms with Gasteiger partial charge in [-0.1, -0.05) is 23.5 Å². The highest BCUT2D eigenvalue weighted by Gasteiger charge is 2.11. The Labute approximate surface area is 155 Å². The molecule has 0 radical (unpaired) electrons. The Morgan fingerprint density at radius 2 is 1.76 bits per heavy atom. The molecule has 4 aromatic rings. The van der Waals surface area contributed by atoms with Crippen molar-refractivity contribution in [1.29, 1.82) is 0 Å². The first-order valence-corrected chi connectivity index (χ1v) is 8.91. The number of para-hydroxylation sites is 1. The van der Waals surface area contributed by atoms with Crippen molar-refractivity contribution >= 4 is 65.8 Å². The summed E-state index contributed by atoms with van der Waals surface area (Å²) in [4.78, 5) is 17.2. The highest BCUT2D eigenvalue weighted by molar-refractivity contribution is 9.10. The quantitative estimate of drug-likeness (QED) is 0.457. The molecule has 7 nitrogen and oxygen atoms in total. The van der Waals surface area contributed by atoms with Gasteiger partial charge in [0.15, 0.2) is 16.8 Å². The summed E-state index contributed by atoms with van der Waals surface area (Å²) in [6.45, 7) is 0. The molecule has 0 amide bonds. The van der Waals surface area contributed by atoms with E-state index in [-0.39, 0.29) is 0 Å². The lowest BCUT2D eigenvalue weighted by Crippen LogP contribution is -2.05. The number of pyridine rings is 1. The second kappa shape index (κ2) is 6.61. The Balaban J connectivity index is 1.61. The van der Waals surface area contributed by atoms with Gasteiger partial charge in [-0.3, -0.25) is 0 Å². The zero-order chi connectivity index (χ0) is 17.2. The number of rotatable bonds is 4. The van der Waals surface area contributed by atoms with Gasteiger partial charge in [0, 0.05) is 10.7 Å². The molecule has 0 saturated carbocycles. The molecular formula is C16H12BrN7S. The van der Waals surface area contributed by atoms with Crippen molar-refractivity contribution in [3.63, 3.8) is 0 Å². The zero-order valence-electron chi connectivity index (χ0n) is 12.8. The molecule has 4 N–H and O–H groups in total. The summed E-state index contributed by atoms with van der Waals surface area (Å²) < 4.78 is 1.99. The minimum absolute atomic E-state index is 0.395. The van der Waals surface area contributed by atoms with E-state index >= 15 is 0 Å². The Morgan fingerprint density at radius 1 is 0.960 bits per heavy atom. The Kier molecular flexibility index (Phi) is 4.16. The molecule has 25 heavy (non-hydrogen) atoms. The van der Waals surface area contributed by atoms with E-state index in [0.29, 0.717) is 23.1 Å². The first-order valence-electron chi connectivity index (χ1n) is 7.31. The number of hydrogen-bond acceptors (Lipinski definition) is 8. The number of aromatic nitrogens is 4. The molecule has 0 spiro atoms. The maximum Gasteiger partial charge on any atom is 0.189 e. The summed E-state index contributed by atoms with van der Waals surface area (Å²) >= 11 is 4.89. The monoisotopic (exact) mass is 413 g/mol. The van der Waals surface area contributed by atoms with Crippen molar-refractivity contribution in [3.8, 4) is 0 Å². The summed E-state index contributed by atoms with van der Waals surface area (Å²) in [5.41, 5.74) is 7.52. The van der Waals surface area contributed by atoms with Crippen LogP contribution in [0.15, 0.2) is 53.4 Å². The van der Waals surface area contributed by atoms with E-state index < -0.39 is 0 Å². The molecule has 3 aromatic heterocycles. The number of anilines is 5. The van der Waals surface area contributed by atoms with E-state index in [1.807, 2.05) is 36.4 Å². The highest BCUT2D eigenvalue weighted by Crippen LogP contribution is 2.31. The second-order valence-electron chi connectivity index (χ2n) is 5.08. The van der Waals surface area contributed by atoms with Crippen LogP contribution in [0.1, 0.15) is 0 Å². The average molecular weight is 414 g/mol. The SMILES string of the molecule is Nc1c(Nc2ccc(Br)cn2)ncnc1Nc1nc2ccccc2s1. The predicted octanol–water partition coefficient (Wildman–Crippen LogP) is 4.31. The van der Waals surface area contributed by atoms with Gasteiger partial charge in [0.05, 0.1) is 10.2 Å². The van der Waals surface area contributed by atoms with Gasteiger partial charge in [-0.2, -0.15) is 0 Å². The van der Waals surface area contributed by atoms with Crippen molar-refractivity contribution < 1.29 is 0 Å². The van der Waals surface area contributed by atoms with Crippen molar-refractivity contribution in [3.05, 3.63) is 53.4 Å². The Morgan fingerprint density at radius 3 is 2.52 bits per heavy atom. The van der Waals surface area contributed by atoms with Gasteiger partial charge in [-0.15, -0.1) is 0 Å². The first kappa shape index (κ1) is 15.7. The lowest BCUT2D eigenvalue weighted by Gasteiger charge is -2.10. The van der Waals surface area contributed by atoms with E-state index in [9.17, 15) is 0 Å². The van der Waals surface area contributed by atoms with Crippen molar-refractivity contribution in [1.82, 2.24) is 19.9 Å². The third kappa shape index (κ3) is 3.37. The number of thiazole rings is 1. The summed E-state index contributed by atoms with van der Waals surface area (Å²) in [6, 6.07) is 11.6. The van der Waals surface area contributed by atoms with Gasteiger partial charge in [0.2, 0.25) is 0 Å². The van der Waals surface area contributed by atoms with Crippen LogP contribution in [0, 0.1) is 0 Å². The molecule has 1 aromatic carbocycles. The minimum Gasteiger partial charge on any atom is -0.393 e. The number of nitrogens with two attached hydrogens (primary N) is 1. The highest BCUT2D eigenvalue weighted by atomic mass is 79.9. The Bertz CT molecular complexity index is 999. The van der Waals surface area contributed by atoms with Gasteiger partial charge in [0.25, 0.3) is 0 Å². The average Bonchev–Trinajstić information content (AvgIpc) is 3.03. The van der Waals surface area contributed by atoms with Crippen LogP contribution in [-0.2, 0) is 0 Å². The molecule has 0 unspecified atom stereocenters. The normalized spacial score (nSPS) is 10.8. The third-order valence-corrected chi connectivity index (χ3v) is 4.80. The number of nitrogens with zero attached hydrogens (tertiary/aromatic N) is 4. The fourth-order valence-electron chi connectivity index (χ4n) is 2.19. The van der Waals surface area contributed by atoms with Crippen LogP contribution < -0.4 is 16.4 Å². The molecule has 0 aliphatic carbocycles. The summed E-state index contributed by atoms with van der Waals surface area (Å²) in [7, 11) is 0. The Hall–Kier alpha value is -2.78. The molecule has 3 heterocycles.